The average Bonchev–Trinajstić information content (AvgIpc) is 2.67. The molecule has 0 bridgehead atoms. The number of hydrogen-bond donors (Lipinski definition) is 1. The van der Waals surface area contributed by atoms with E-state index in [1.165, 1.54) is 10.6 Å². The fraction of sp³-hybridized carbons (Fsp3) is 0.250. The highest BCUT2D eigenvalue weighted by Gasteiger charge is 2.34. The SMILES string of the molecule is CC(C)n1c(SCC(=O)Nc2c(Cl)cccc2C(F)(F)F)nc2ccccc2c1=O. The molecular weight excluding hydrogens is 439 g/mol. The van der Waals surface area contributed by atoms with Crippen LogP contribution in [0.3, 0.4) is 0 Å². The third-order valence-electron chi connectivity index (χ3n) is 4.21. The van der Waals surface area contributed by atoms with Gasteiger partial charge in [0.15, 0.2) is 5.16 Å². The van der Waals surface area contributed by atoms with Gasteiger partial charge in [-0.2, -0.15) is 13.2 Å². The molecule has 0 fully saturated rings. The molecule has 158 valence electrons. The number of nitrogens with zero attached hydrogens (tertiary/aromatic N) is 2. The van der Waals surface area contributed by atoms with Gasteiger partial charge < -0.3 is 5.32 Å². The lowest BCUT2D eigenvalue weighted by Crippen LogP contribution is -2.26. The molecule has 0 spiro atoms. The number of anilines is 1. The number of carbonyl (C=O) groups is 1. The van der Waals surface area contributed by atoms with Crippen LogP contribution in [0.5, 0.6) is 0 Å². The fourth-order valence-electron chi connectivity index (χ4n) is 2.88. The van der Waals surface area contributed by atoms with Gasteiger partial charge in [0.25, 0.3) is 5.56 Å². The van der Waals surface area contributed by atoms with Crippen molar-refractivity contribution < 1.29 is 18.0 Å². The third-order valence-corrected chi connectivity index (χ3v) is 5.48. The molecule has 0 aliphatic heterocycles. The van der Waals surface area contributed by atoms with Crippen LogP contribution in [-0.4, -0.2) is 21.2 Å². The molecule has 1 aromatic heterocycles. The molecule has 1 heterocycles. The highest BCUT2D eigenvalue weighted by atomic mass is 35.5. The number of hydrogen-bond acceptors (Lipinski definition) is 4. The summed E-state index contributed by atoms with van der Waals surface area (Å²) in [6, 6.07) is 9.88. The minimum Gasteiger partial charge on any atom is -0.324 e. The first-order valence-electron chi connectivity index (χ1n) is 8.89. The van der Waals surface area contributed by atoms with E-state index in [2.05, 4.69) is 10.3 Å². The molecule has 0 unspecified atom stereocenters. The Balaban J connectivity index is 1.87. The highest BCUT2D eigenvalue weighted by Crippen LogP contribution is 2.38. The van der Waals surface area contributed by atoms with Gasteiger partial charge in [0.05, 0.1) is 32.9 Å². The zero-order valence-electron chi connectivity index (χ0n) is 16.0. The number of nitrogens with one attached hydrogen (secondary N) is 1. The van der Waals surface area contributed by atoms with E-state index in [-0.39, 0.29) is 22.4 Å². The van der Waals surface area contributed by atoms with Crippen LogP contribution in [0.1, 0.15) is 25.5 Å². The summed E-state index contributed by atoms with van der Waals surface area (Å²) in [6.45, 7) is 3.61. The quantitative estimate of drug-likeness (QED) is 0.414. The van der Waals surface area contributed by atoms with E-state index < -0.39 is 23.3 Å². The molecule has 0 aliphatic carbocycles. The summed E-state index contributed by atoms with van der Waals surface area (Å²) in [7, 11) is 0. The molecule has 1 amide bonds. The minimum atomic E-state index is -4.67. The number of halogens is 4. The predicted molar refractivity (Wildman–Crippen MR) is 112 cm³/mol. The summed E-state index contributed by atoms with van der Waals surface area (Å²) in [5.74, 6) is -0.948. The third kappa shape index (κ3) is 4.62. The molecular formula is C20H17ClF3N3O2S. The molecule has 0 radical (unpaired) electrons. The smallest absolute Gasteiger partial charge is 0.324 e. The first-order valence-corrected chi connectivity index (χ1v) is 10.3. The second kappa shape index (κ2) is 8.69. The van der Waals surface area contributed by atoms with Gasteiger partial charge in [-0.3, -0.25) is 14.2 Å². The number of amides is 1. The van der Waals surface area contributed by atoms with Gasteiger partial charge in [0.1, 0.15) is 0 Å². The van der Waals surface area contributed by atoms with E-state index >= 15 is 0 Å². The Morgan fingerprint density at radius 1 is 1.20 bits per heavy atom. The summed E-state index contributed by atoms with van der Waals surface area (Å²) in [5, 5.41) is 2.77. The lowest BCUT2D eigenvalue weighted by Gasteiger charge is -2.17. The van der Waals surface area contributed by atoms with Gasteiger partial charge in [0.2, 0.25) is 5.91 Å². The number of aromatic nitrogens is 2. The zero-order chi connectivity index (χ0) is 22.1. The van der Waals surface area contributed by atoms with Crippen molar-refractivity contribution in [1.29, 1.82) is 0 Å². The Labute approximate surface area is 179 Å². The maximum Gasteiger partial charge on any atom is 0.418 e. The van der Waals surface area contributed by atoms with E-state index in [9.17, 15) is 22.8 Å². The molecule has 0 saturated carbocycles. The van der Waals surface area contributed by atoms with Crippen LogP contribution in [0.25, 0.3) is 10.9 Å². The Bertz CT molecular complexity index is 1160. The molecule has 10 heteroatoms. The van der Waals surface area contributed by atoms with Gasteiger partial charge in [-0.25, -0.2) is 4.98 Å². The van der Waals surface area contributed by atoms with Crippen LogP contribution in [0.2, 0.25) is 5.02 Å². The van der Waals surface area contributed by atoms with E-state index in [4.69, 9.17) is 11.6 Å². The van der Waals surface area contributed by atoms with E-state index in [0.717, 1.165) is 23.9 Å². The lowest BCUT2D eigenvalue weighted by molar-refractivity contribution is -0.137. The number of fused-ring (bicyclic) bond motifs is 1. The summed E-state index contributed by atoms with van der Waals surface area (Å²) < 4.78 is 41.1. The molecule has 0 saturated heterocycles. The average molecular weight is 456 g/mol. The Morgan fingerprint density at radius 3 is 2.57 bits per heavy atom. The monoisotopic (exact) mass is 455 g/mol. The largest absolute Gasteiger partial charge is 0.418 e. The lowest BCUT2D eigenvalue weighted by atomic mass is 10.1. The molecule has 0 atom stereocenters. The summed E-state index contributed by atoms with van der Waals surface area (Å²) >= 11 is 6.84. The summed E-state index contributed by atoms with van der Waals surface area (Å²) in [5.41, 5.74) is -1.29. The van der Waals surface area contributed by atoms with E-state index in [0.29, 0.717) is 16.1 Å². The maximum atomic E-state index is 13.2. The standard InChI is InChI=1S/C20H17ClF3N3O2S/c1-11(2)27-18(29)12-6-3-4-9-15(12)25-19(27)30-10-16(28)26-17-13(20(22,23)24)7-5-8-14(17)21/h3-9,11H,10H2,1-2H3,(H,26,28). The van der Waals surface area contributed by atoms with Crippen LogP contribution < -0.4 is 10.9 Å². The Morgan fingerprint density at radius 2 is 1.90 bits per heavy atom. The van der Waals surface area contributed by atoms with E-state index in [1.54, 1.807) is 38.1 Å². The first kappa shape index (κ1) is 22.2. The molecule has 3 aromatic rings. The molecule has 0 aliphatic rings. The number of thioether (sulfide) groups is 1. The van der Waals surface area contributed by atoms with Crippen molar-refractivity contribution in [1.82, 2.24) is 9.55 Å². The van der Waals surface area contributed by atoms with Crippen LogP contribution in [0.4, 0.5) is 18.9 Å². The number of rotatable bonds is 5. The molecule has 2 aromatic carbocycles. The molecule has 5 nitrogen and oxygen atoms in total. The summed E-state index contributed by atoms with van der Waals surface area (Å²) in [4.78, 5) is 29.6. The zero-order valence-corrected chi connectivity index (χ0v) is 17.5. The first-order chi connectivity index (χ1) is 14.1. The number of para-hydroxylation sites is 2. The number of benzene rings is 2. The topological polar surface area (TPSA) is 64.0 Å². The van der Waals surface area contributed by atoms with Crippen molar-refractivity contribution in [3.63, 3.8) is 0 Å². The van der Waals surface area contributed by atoms with Crippen LogP contribution in [0, 0.1) is 0 Å². The van der Waals surface area contributed by atoms with Crippen molar-refractivity contribution in [2.75, 3.05) is 11.1 Å². The van der Waals surface area contributed by atoms with Gasteiger partial charge in [0, 0.05) is 6.04 Å². The van der Waals surface area contributed by atoms with Gasteiger partial charge in [-0.1, -0.05) is 41.6 Å². The van der Waals surface area contributed by atoms with E-state index in [1.807, 2.05) is 0 Å². The number of alkyl halides is 3. The molecule has 30 heavy (non-hydrogen) atoms. The molecule has 3 rings (SSSR count). The fourth-order valence-corrected chi connectivity index (χ4v) is 4.03. The summed E-state index contributed by atoms with van der Waals surface area (Å²) in [6.07, 6.45) is -4.67. The minimum absolute atomic E-state index is 0.217. The predicted octanol–water partition coefficient (Wildman–Crippen LogP) is 5.38. The van der Waals surface area contributed by atoms with Crippen LogP contribution in [-0.2, 0) is 11.0 Å². The Kier molecular flexibility index (Phi) is 6.42. The molecule has 1 N–H and O–H groups in total. The second-order valence-corrected chi connectivity index (χ2v) is 8.03. The highest BCUT2D eigenvalue weighted by molar-refractivity contribution is 7.99. The van der Waals surface area contributed by atoms with Crippen molar-refractivity contribution in [3.8, 4) is 0 Å². The van der Waals surface area contributed by atoms with Gasteiger partial charge >= 0.3 is 6.18 Å². The van der Waals surface area contributed by atoms with Crippen molar-refractivity contribution in [2.24, 2.45) is 0 Å². The van der Waals surface area contributed by atoms with Gasteiger partial charge in [-0.05, 0) is 38.1 Å². The normalized spacial score (nSPS) is 11.8. The maximum absolute atomic E-state index is 13.2. The van der Waals surface area contributed by atoms with Crippen LogP contribution in [0.15, 0.2) is 52.4 Å². The van der Waals surface area contributed by atoms with Crippen molar-refractivity contribution in [3.05, 3.63) is 63.4 Å². The van der Waals surface area contributed by atoms with Crippen molar-refractivity contribution >= 4 is 45.9 Å². The van der Waals surface area contributed by atoms with Gasteiger partial charge in [-0.15, -0.1) is 0 Å². The van der Waals surface area contributed by atoms with Crippen molar-refractivity contribution in [2.45, 2.75) is 31.2 Å². The Hall–Kier alpha value is -2.52. The number of carbonyl (C=O) groups excluding carboxylic acids is 1. The second-order valence-electron chi connectivity index (χ2n) is 6.68. The van der Waals surface area contributed by atoms with Crippen LogP contribution >= 0.6 is 23.4 Å².